The Hall–Kier alpha value is -2.24. The normalized spacial score (nSPS) is 20.5. The van der Waals surface area contributed by atoms with Gasteiger partial charge in [0.1, 0.15) is 11.5 Å². The van der Waals surface area contributed by atoms with Crippen LogP contribution in [0.1, 0.15) is 36.0 Å². The van der Waals surface area contributed by atoms with Crippen LogP contribution in [0.4, 0.5) is 0 Å². The van der Waals surface area contributed by atoms with Gasteiger partial charge in [0, 0.05) is 19.2 Å². The van der Waals surface area contributed by atoms with E-state index < -0.39 is 11.9 Å². The third-order valence-corrected chi connectivity index (χ3v) is 4.65. The predicted molar refractivity (Wildman–Crippen MR) is 87.5 cm³/mol. The van der Waals surface area contributed by atoms with E-state index in [0.717, 1.165) is 0 Å². The Morgan fingerprint density at radius 1 is 1.29 bits per heavy atom. The van der Waals surface area contributed by atoms with Gasteiger partial charge in [-0.15, -0.1) is 0 Å². The molecule has 1 aliphatic carbocycles. The van der Waals surface area contributed by atoms with Gasteiger partial charge < -0.3 is 19.5 Å². The molecule has 130 valence electrons. The number of amides is 1. The van der Waals surface area contributed by atoms with Gasteiger partial charge in [0.15, 0.2) is 0 Å². The maximum Gasteiger partial charge on any atom is 0.308 e. The summed E-state index contributed by atoms with van der Waals surface area (Å²) in [5.41, 5.74) is 0.475. The fraction of sp³-hybridized carbons (Fsp3) is 0.556. The summed E-state index contributed by atoms with van der Waals surface area (Å²) in [7, 11) is 1.57. The number of carbonyl (C=O) groups is 2. The van der Waals surface area contributed by atoms with Gasteiger partial charge in [0.2, 0.25) is 0 Å². The van der Waals surface area contributed by atoms with Crippen molar-refractivity contribution in [3.8, 4) is 11.5 Å². The number of hydrogen-bond donors (Lipinski definition) is 1. The van der Waals surface area contributed by atoms with Crippen LogP contribution in [-0.4, -0.2) is 48.7 Å². The first-order valence-corrected chi connectivity index (χ1v) is 8.41. The molecule has 1 aromatic carbocycles. The summed E-state index contributed by atoms with van der Waals surface area (Å²) in [6.45, 7) is 1.43. The second-order valence-corrected chi connectivity index (χ2v) is 6.55. The molecule has 6 nitrogen and oxygen atoms in total. The van der Waals surface area contributed by atoms with Crippen LogP contribution in [0.5, 0.6) is 11.5 Å². The van der Waals surface area contributed by atoms with Crippen LogP contribution >= 0.6 is 0 Å². The van der Waals surface area contributed by atoms with Gasteiger partial charge in [-0.1, -0.05) is 0 Å². The van der Waals surface area contributed by atoms with Crippen molar-refractivity contribution in [1.82, 2.24) is 4.90 Å². The lowest BCUT2D eigenvalue weighted by atomic mass is 9.97. The molecule has 1 unspecified atom stereocenters. The van der Waals surface area contributed by atoms with E-state index in [9.17, 15) is 14.7 Å². The number of carbonyl (C=O) groups excluding carboxylic acids is 1. The number of methoxy groups -OCH3 is 1. The molecule has 1 aliphatic heterocycles. The average molecular weight is 333 g/mol. The third kappa shape index (κ3) is 3.80. The van der Waals surface area contributed by atoms with Gasteiger partial charge in [0.25, 0.3) is 5.91 Å². The second-order valence-electron chi connectivity index (χ2n) is 6.55. The number of aliphatic carboxylic acids is 1. The molecule has 1 heterocycles. The fourth-order valence-electron chi connectivity index (χ4n) is 2.95. The van der Waals surface area contributed by atoms with Crippen molar-refractivity contribution in [2.24, 2.45) is 11.8 Å². The lowest BCUT2D eigenvalue weighted by Crippen LogP contribution is -2.42. The third-order valence-electron chi connectivity index (χ3n) is 4.65. The summed E-state index contributed by atoms with van der Waals surface area (Å²) in [6.07, 6.45) is 3.66. The molecule has 2 aliphatic rings. The Morgan fingerprint density at radius 2 is 2.08 bits per heavy atom. The van der Waals surface area contributed by atoms with Crippen LogP contribution in [0.2, 0.25) is 0 Å². The highest BCUT2D eigenvalue weighted by molar-refractivity contribution is 5.97. The lowest BCUT2D eigenvalue weighted by Gasteiger charge is -2.31. The highest BCUT2D eigenvalue weighted by atomic mass is 16.5. The largest absolute Gasteiger partial charge is 0.497 e. The van der Waals surface area contributed by atoms with E-state index in [2.05, 4.69) is 0 Å². The van der Waals surface area contributed by atoms with Gasteiger partial charge in [-0.05, 0) is 43.7 Å². The van der Waals surface area contributed by atoms with Crippen molar-refractivity contribution in [3.05, 3.63) is 23.8 Å². The predicted octanol–water partition coefficient (Wildman–Crippen LogP) is 2.42. The maximum absolute atomic E-state index is 12.9. The molecule has 1 saturated carbocycles. The minimum atomic E-state index is -0.840. The molecule has 1 amide bonds. The van der Waals surface area contributed by atoms with E-state index in [0.29, 0.717) is 49.0 Å². The van der Waals surface area contributed by atoms with Crippen LogP contribution in [0.3, 0.4) is 0 Å². The zero-order valence-electron chi connectivity index (χ0n) is 13.9. The number of rotatable bonds is 6. The number of benzene rings is 1. The molecule has 0 aromatic heterocycles. The topological polar surface area (TPSA) is 76.1 Å². The molecular weight excluding hydrogens is 310 g/mol. The Bertz CT molecular complexity index is 626. The summed E-state index contributed by atoms with van der Waals surface area (Å²) < 4.78 is 11.1. The first-order chi connectivity index (χ1) is 11.6. The van der Waals surface area contributed by atoms with Crippen molar-refractivity contribution in [1.29, 1.82) is 0 Å². The average Bonchev–Trinajstić information content (AvgIpc) is 3.43. The second kappa shape index (κ2) is 7.11. The van der Waals surface area contributed by atoms with Crippen LogP contribution in [0.25, 0.3) is 0 Å². The number of likely N-dealkylation sites (tertiary alicyclic amines) is 1. The molecule has 24 heavy (non-hydrogen) atoms. The monoisotopic (exact) mass is 333 g/mol. The zero-order chi connectivity index (χ0) is 17.1. The number of piperidine rings is 1. The van der Waals surface area contributed by atoms with Gasteiger partial charge in [-0.25, -0.2) is 0 Å². The number of nitrogens with zero attached hydrogens (tertiary/aromatic N) is 1. The Morgan fingerprint density at radius 3 is 2.75 bits per heavy atom. The Balaban J connectivity index is 1.78. The van der Waals surface area contributed by atoms with E-state index in [1.54, 1.807) is 30.2 Å². The van der Waals surface area contributed by atoms with Gasteiger partial charge in [0.05, 0.1) is 25.2 Å². The number of ether oxygens (including phenoxy) is 2. The molecule has 0 bridgehead atoms. The van der Waals surface area contributed by atoms with Crippen molar-refractivity contribution < 1.29 is 24.2 Å². The summed E-state index contributed by atoms with van der Waals surface area (Å²) >= 11 is 0. The van der Waals surface area contributed by atoms with E-state index in [1.165, 1.54) is 12.8 Å². The summed E-state index contributed by atoms with van der Waals surface area (Å²) in [5.74, 6) is 0.229. The summed E-state index contributed by atoms with van der Waals surface area (Å²) in [5, 5.41) is 9.20. The quantitative estimate of drug-likeness (QED) is 0.865. The van der Waals surface area contributed by atoms with Crippen molar-refractivity contribution in [3.63, 3.8) is 0 Å². The fourth-order valence-corrected chi connectivity index (χ4v) is 2.95. The molecule has 1 aromatic rings. The van der Waals surface area contributed by atoms with Crippen LogP contribution in [0, 0.1) is 11.8 Å². The first-order valence-electron chi connectivity index (χ1n) is 8.41. The van der Waals surface area contributed by atoms with E-state index >= 15 is 0 Å². The Labute approximate surface area is 141 Å². The Kier molecular flexibility index (Phi) is 4.92. The van der Waals surface area contributed by atoms with Crippen molar-refractivity contribution in [2.45, 2.75) is 25.7 Å². The van der Waals surface area contributed by atoms with Crippen LogP contribution in [-0.2, 0) is 4.79 Å². The molecule has 0 spiro atoms. The minimum Gasteiger partial charge on any atom is -0.497 e. The SMILES string of the molecule is COc1ccc(C(=O)N2CCCC(C(=O)O)C2)c(OCC2CC2)c1. The van der Waals surface area contributed by atoms with E-state index in [1.807, 2.05) is 0 Å². The van der Waals surface area contributed by atoms with Gasteiger partial charge in [-0.3, -0.25) is 9.59 Å². The summed E-state index contributed by atoms with van der Waals surface area (Å²) in [6, 6.07) is 5.16. The van der Waals surface area contributed by atoms with E-state index in [-0.39, 0.29) is 12.5 Å². The van der Waals surface area contributed by atoms with Crippen LogP contribution < -0.4 is 9.47 Å². The highest BCUT2D eigenvalue weighted by Gasteiger charge is 2.30. The number of carboxylic acids is 1. The molecule has 3 rings (SSSR count). The molecule has 2 fully saturated rings. The number of hydrogen-bond acceptors (Lipinski definition) is 4. The maximum atomic E-state index is 12.9. The highest BCUT2D eigenvalue weighted by Crippen LogP contribution is 2.32. The van der Waals surface area contributed by atoms with Crippen LogP contribution in [0.15, 0.2) is 18.2 Å². The first kappa shape index (κ1) is 16.6. The van der Waals surface area contributed by atoms with Crippen molar-refractivity contribution in [2.75, 3.05) is 26.8 Å². The lowest BCUT2D eigenvalue weighted by molar-refractivity contribution is -0.143. The molecular formula is C18H23NO5. The van der Waals surface area contributed by atoms with E-state index in [4.69, 9.17) is 9.47 Å². The standard InChI is InChI=1S/C18H23NO5/c1-23-14-6-7-15(16(9-14)24-11-12-4-5-12)17(20)19-8-2-3-13(10-19)18(21)22/h6-7,9,12-13H,2-5,8,10-11H2,1H3,(H,21,22). The van der Waals surface area contributed by atoms with Gasteiger partial charge >= 0.3 is 5.97 Å². The molecule has 6 heteroatoms. The zero-order valence-corrected chi connectivity index (χ0v) is 13.9. The molecule has 1 saturated heterocycles. The molecule has 1 N–H and O–H groups in total. The summed E-state index contributed by atoms with van der Waals surface area (Å²) in [4.78, 5) is 25.7. The molecule has 1 atom stereocenters. The van der Waals surface area contributed by atoms with Gasteiger partial charge in [-0.2, -0.15) is 0 Å². The smallest absolute Gasteiger partial charge is 0.308 e. The molecule has 0 radical (unpaired) electrons. The number of carboxylic acid groups (broad SMARTS) is 1. The minimum absolute atomic E-state index is 0.172. The van der Waals surface area contributed by atoms with Crippen molar-refractivity contribution >= 4 is 11.9 Å².